The second-order valence-corrected chi connectivity index (χ2v) is 6.51. The normalized spacial score (nSPS) is 12.8. The predicted octanol–water partition coefficient (Wildman–Crippen LogP) is 4.80. The minimum absolute atomic E-state index is 0.426. The van der Waals surface area contributed by atoms with E-state index in [0.29, 0.717) is 6.04 Å². The summed E-state index contributed by atoms with van der Waals surface area (Å²) in [5.74, 6) is 0.725. The fraction of sp³-hybridized carbons (Fsp3) is 0.412. The molecule has 0 spiro atoms. The van der Waals surface area contributed by atoms with Crippen LogP contribution in [-0.4, -0.2) is 0 Å². The Morgan fingerprint density at radius 1 is 1.00 bits per heavy atom. The fourth-order valence-corrected chi connectivity index (χ4v) is 2.93. The van der Waals surface area contributed by atoms with Gasteiger partial charge in [0.25, 0.3) is 0 Å². The van der Waals surface area contributed by atoms with E-state index in [4.69, 9.17) is 0 Å². The van der Waals surface area contributed by atoms with E-state index in [2.05, 4.69) is 67.9 Å². The summed E-state index contributed by atoms with van der Waals surface area (Å²) in [5, 5.41) is 5.71. The molecule has 0 bridgehead atoms. The molecule has 0 unspecified atom stereocenters. The summed E-state index contributed by atoms with van der Waals surface area (Å²) in [7, 11) is 0. The Bertz CT molecular complexity index is 470. The SMILES string of the molecule is CC(C)Cc1ccc(CN[C@@H](C)c2cccs2)cc1. The first kappa shape index (κ1) is 14.3. The Hall–Kier alpha value is -1.12. The molecule has 0 aliphatic heterocycles. The van der Waals surface area contributed by atoms with Gasteiger partial charge in [-0.2, -0.15) is 0 Å². The van der Waals surface area contributed by atoms with Crippen LogP contribution in [0.25, 0.3) is 0 Å². The van der Waals surface area contributed by atoms with Crippen LogP contribution in [0.3, 0.4) is 0 Å². The van der Waals surface area contributed by atoms with Gasteiger partial charge in [-0.15, -0.1) is 11.3 Å². The van der Waals surface area contributed by atoms with E-state index in [-0.39, 0.29) is 0 Å². The Labute approximate surface area is 120 Å². The zero-order valence-corrected chi connectivity index (χ0v) is 12.8. The van der Waals surface area contributed by atoms with Gasteiger partial charge in [-0.1, -0.05) is 44.2 Å². The van der Waals surface area contributed by atoms with Gasteiger partial charge in [0.2, 0.25) is 0 Å². The molecule has 19 heavy (non-hydrogen) atoms. The Balaban J connectivity index is 1.86. The smallest absolute Gasteiger partial charge is 0.0388 e. The Morgan fingerprint density at radius 2 is 1.68 bits per heavy atom. The lowest BCUT2D eigenvalue weighted by Crippen LogP contribution is -2.17. The molecule has 0 amide bonds. The summed E-state index contributed by atoms with van der Waals surface area (Å²) in [5.41, 5.74) is 2.79. The van der Waals surface area contributed by atoms with Crippen LogP contribution in [0, 0.1) is 5.92 Å². The standard InChI is InChI=1S/C17H23NS/c1-13(2)11-15-6-8-16(9-7-15)12-18-14(3)17-5-4-10-19-17/h4-10,13-14,18H,11-12H2,1-3H3/t14-/m0/s1. The number of nitrogens with one attached hydrogen (secondary N) is 1. The number of benzene rings is 1. The average Bonchev–Trinajstić information content (AvgIpc) is 2.91. The summed E-state index contributed by atoms with van der Waals surface area (Å²) in [6, 6.07) is 13.7. The molecule has 1 N–H and O–H groups in total. The molecular formula is C17H23NS. The third kappa shape index (κ3) is 4.48. The van der Waals surface area contributed by atoms with Gasteiger partial charge in [0.05, 0.1) is 0 Å². The first-order valence-electron chi connectivity index (χ1n) is 6.99. The molecule has 0 saturated carbocycles. The molecule has 1 atom stereocenters. The molecule has 0 radical (unpaired) electrons. The second-order valence-electron chi connectivity index (χ2n) is 5.53. The van der Waals surface area contributed by atoms with Gasteiger partial charge in [-0.05, 0) is 41.8 Å². The van der Waals surface area contributed by atoms with Gasteiger partial charge < -0.3 is 5.32 Å². The lowest BCUT2D eigenvalue weighted by molar-refractivity contribution is 0.582. The topological polar surface area (TPSA) is 12.0 Å². The number of thiophene rings is 1. The molecule has 1 aromatic carbocycles. The lowest BCUT2D eigenvalue weighted by atomic mass is 10.0. The summed E-state index contributed by atoms with van der Waals surface area (Å²) in [4.78, 5) is 1.40. The van der Waals surface area contributed by atoms with Crippen LogP contribution in [0.1, 0.15) is 42.8 Å². The third-order valence-corrected chi connectivity index (χ3v) is 4.30. The van der Waals surface area contributed by atoms with Crippen molar-refractivity contribution in [3.05, 3.63) is 57.8 Å². The molecular weight excluding hydrogens is 250 g/mol. The highest BCUT2D eigenvalue weighted by atomic mass is 32.1. The molecule has 2 aromatic rings. The van der Waals surface area contributed by atoms with Gasteiger partial charge >= 0.3 is 0 Å². The van der Waals surface area contributed by atoms with Crippen LogP contribution in [0.4, 0.5) is 0 Å². The predicted molar refractivity (Wildman–Crippen MR) is 84.6 cm³/mol. The van der Waals surface area contributed by atoms with Crippen molar-refractivity contribution in [2.45, 2.75) is 39.8 Å². The summed E-state index contributed by atoms with van der Waals surface area (Å²) < 4.78 is 0. The second kappa shape index (κ2) is 6.88. The molecule has 102 valence electrons. The average molecular weight is 273 g/mol. The van der Waals surface area contributed by atoms with E-state index in [9.17, 15) is 0 Å². The van der Waals surface area contributed by atoms with Crippen molar-refractivity contribution >= 4 is 11.3 Å². The lowest BCUT2D eigenvalue weighted by Gasteiger charge is -2.12. The van der Waals surface area contributed by atoms with E-state index in [0.717, 1.165) is 12.5 Å². The van der Waals surface area contributed by atoms with Gasteiger partial charge in [0.15, 0.2) is 0 Å². The first-order valence-corrected chi connectivity index (χ1v) is 7.87. The third-order valence-electron chi connectivity index (χ3n) is 3.25. The molecule has 0 aliphatic rings. The summed E-state index contributed by atoms with van der Waals surface area (Å²) in [6.45, 7) is 7.68. The van der Waals surface area contributed by atoms with E-state index >= 15 is 0 Å². The van der Waals surface area contributed by atoms with Crippen LogP contribution in [0.15, 0.2) is 41.8 Å². The highest BCUT2D eigenvalue weighted by Crippen LogP contribution is 2.18. The highest BCUT2D eigenvalue weighted by Gasteiger charge is 2.05. The monoisotopic (exact) mass is 273 g/mol. The maximum Gasteiger partial charge on any atom is 0.0388 e. The van der Waals surface area contributed by atoms with E-state index in [1.807, 2.05) is 11.3 Å². The van der Waals surface area contributed by atoms with E-state index in [1.54, 1.807) is 0 Å². The highest BCUT2D eigenvalue weighted by molar-refractivity contribution is 7.10. The number of rotatable bonds is 6. The molecule has 1 aromatic heterocycles. The van der Waals surface area contributed by atoms with Crippen molar-refractivity contribution in [1.82, 2.24) is 5.32 Å². The van der Waals surface area contributed by atoms with Crippen molar-refractivity contribution in [2.75, 3.05) is 0 Å². The summed E-state index contributed by atoms with van der Waals surface area (Å²) >= 11 is 1.81. The van der Waals surface area contributed by atoms with Gasteiger partial charge in [-0.25, -0.2) is 0 Å². The first-order chi connectivity index (χ1) is 9.15. The van der Waals surface area contributed by atoms with Gasteiger partial charge in [0.1, 0.15) is 0 Å². The zero-order chi connectivity index (χ0) is 13.7. The van der Waals surface area contributed by atoms with Crippen LogP contribution < -0.4 is 5.32 Å². The Morgan fingerprint density at radius 3 is 2.26 bits per heavy atom. The molecule has 1 nitrogen and oxygen atoms in total. The minimum Gasteiger partial charge on any atom is -0.305 e. The van der Waals surface area contributed by atoms with Crippen LogP contribution >= 0.6 is 11.3 Å². The molecule has 0 aliphatic carbocycles. The van der Waals surface area contributed by atoms with Crippen molar-refractivity contribution in [1.29, 1.82) is 0 Å². The van der Waals surface area contributed by atoms with Crippen molar-refractivity contribution < 1.29 is 0 Å². The Kier molecular flexibility index (Phi) is 5.17. The molecule has 2 heteroatoms. The van der Waals surface area contributed by atoms with E-state index in [1.165, 1.54) is 22.4 Å². The van der Waals surface area contributed by atoms with Crippen LogP contribution in [0.5, 0.6) is 0 Å². The van der Waals surface area contributed by atoms with Crippen molar-refractivity contribution in [3.63, 3.8) is 0 Å². The van der Waals surface area contributed by atoms with Crippen LogP contribution in [-0.2, 0) is 13.0 Å². The van der Waals surface area contributed by atoms with Crippen LogP contribution in [0.2, 0.25) is 0 Å². The maximum atomic E-state index is 3.57. The quantitative estimate of drug-likeness (QED) is 0.797. The largest absolute Gasteiger partial charge is 0.305 e. The van der Waals surface area contributed by atoms with Gasteiger partial charge in [-0.3, -0.25) is 0 Å². The molecule has 2 rings (SSSR count). The van der Waals surface area contributed by atoms with Crippen molar-refractivity contribution in [2.24, 2.45) is 5.92 Å². The number of hydrogen-bond acceptors (Lipinski definition) is 2. The number of hydrogen-bond donors (Lipinski definition) is 1. The maximum absolute atomic E-state index is 3.57. The van der Waals surface area contributed by atoms with Crippen molar-refractivity contribution in [3.8, 4) is 0 Å². The van der Waals surface area contributed by atoms with E-state index < -0.39 is 0 Å². The molecule has 1 heterocycles. The summed E-state index contributed by atoms with van der Waals surface area (Å²) in [6.07, 6.45) is 1.17. The van der Waals surface area contributed by atoms with Gasteiger partial charge in [0, 0.05) is 17.5 Å². The fourth-order valence-electron chi connectivity index (χ4n) is 2.17. The molecule has 0 fully saturated rings. The zero-order valence-electron chi connectivity index (χ0n) is 12.0. The molecule has 0 saturated heterocycles. The minimum atomic E-state index is 0.426.